The average molecular weight is 276 g/mol. The molecular formula is C11H18ClN3OS. The zero-order valence-corrected chi connectivity index (χ0v) is 11.7. The first-order chi connectivity index (χ1) is 8.27. The van der Waals surface area contributed by atoms with Crippen LogP contribution in [0.25, 0.3) is 0 Å². The third kappa shape index (κ3) is 2.78. The van der Waals surface area contributed by atoms with Gasteiger partial charge in [-0.25, -0.2) is 0 Å². The summed E-state index contributed by atoms with van der Waals surface area (Å²) < 4.78 is 7.76. The number of ether oxygens (including phenoxy) is 1. The van der Waals surface area contributed by atoms with Gasteiger partial charge >= 0.3 is 0 Å². The van der Waals surface area contributed by atoms with Crippen molar-refractivity contribution in [3.63, 3.8) is 0 Å². The number of aromatic nitrogens is 2. The van der Waals surface area contributed by atoms with Gasteiger partial charge in [-0.1, -0.05) is 11.6 Å². The molecule has 17 heavy (non-hydrogen) atoms. The summed E-state index contributed by atoms with van der Waals surface area (Å²) in [7, 11) is 1.94. The second-order valence-corrected chi connectivity index (χ2v) is 5.50. The fraction of sp³-hybridized carbons (Fsp3) is 0.727. The molecule has 0 aromatic carbocycles. The van der Waals surface area contributed by atoms with E-state index in [1.165, 1.54) is 0 Å². The summed E-state index contributed by atoms with van der Waals surface area (Å²) in [5.41, 5.74) is 1.03. The third-order valence-corrected chi connectivity index (χ3v) is 4.26. The van der Waals surface area contributed by atoms with Gasteiger partial charge in [0.05, 0.1) is 35.7 Å². The Kier molecular flexibility index (Phi) is 4.73. The summed E-state index contributed by atoms with van der Waals surface area (Å²) in [5.74, 6) is 2.07. The van der Waals surface area contributed by atoms with Crippen LogP contribution in [0.3, 0.4) is 0 Å². The minimum absolute atomic E-state index is 0.109. The van der Waals surface area contributed by atoms with Crippen LogP contribution in [0.4, 0.5) is 0 Å². The third-order valence-electron chi connectivity index (χ3n) is 2.95. The molecule has 2 atom stereocenters. The van der Waals surface area contributed by atoms with Crippen LogP contribution in [0.15, 0.2) is 6.20 Å². The summed E-state index contributed by atoms with van der Waals surface area (Å²) in [6.45, 7) is 3.70. The molecule has 1 aromatic rings. The molecule has 0 radical (unpaired) electrons. The number of aryl methyl sites for hydroxylation is 1. The van der Waals surface area contributed by atoms with Crippen LogP contribution < -0.4 is 5.32 Å². The molecule has 1 aromatic heterocycles. The van der Waals surface area contributed by atoms with Gasteiger partial charge in [0, 0.05) is 18.1 Å². The maximum atomic E-state index is 6.23. The normalized spacial score (nSPS) is 22.6. The second kappa shape index (κ2) is 6.09. The van der Waals surface area contributed by atoms with Crippen molar-refractivity contribution >= 4 is 23.4 Å². The SMILES string of the molecule is CCn1ncc(Cl)c1C(NC)C1CSCCO1. The van der Waals surface area contributed by atoms with E-state index in [4.69, 9.17) is 16.3 Å². The molecule has 4 nitrogen and oxygen atoms in total. The Balaban J connectivity index is 2.23. The molecule has 2 heterocycles. The molecule has 0 bridgehead atoms. The largest absolute Gasteiger partial charge is 0.374 e. The zero-order valence-electron chi connectivity index (χ0n) is 10.1. The van der Waals surface area contributed by atoms with Gasteiger partial charge in [0.15, 0.2) is 0 Å². The van der Waals surface area contributed by atoms with Crippen molar-refractivity contribution in [2.45, 2.75) is 25.6 Å². The molecule has 1 N–H and O–H groups in total. The van der Waals surface area contributed by atoms with Gasteiger partial charge in [-0.05, 0) is 14.0 Å². The fourth-order valence-electron chi connectivity index (χ4n) is 2.13. The van der Waals surface area contributed by atoms with Crippen molar-refractivity contribution in [2.24, 2.45) is 0 Å². The maximum absolute atomic E-state index is 6.23. The predicted molar refractivity (Wildman–Crippen MR) is 71.8 cm³/mol. The molecule has 0 saturated carbocycles. The van der Waals surface area contributed by atoms with Crippen LogP contribution in [0.1, 0.15) is 18.7 Å². The summed E-state index contributed by atoms with van der Waals surface area (Å²) >= 11 is 8.16. The number of hydrogen-bond acceptors (Lipinski definition) is 4. The predicted octanol–water partition coefficient (Wildman–Crippen LogP) is 1.95. The molecule has 1 saturated heterocycles. The number of nitrogens with zero attached hydrogens (tertiary/aromatic N) is 2. The lowest BCUT2D eigenvalue weighted by molar-refractivity contribution is 0.0466. The Labute approximate surface area is 111 Å². The first kappa shape index (κ1) is 13.2. The molecule has 96 valence electrons. The molecule has 1 fully saturated rings. The van der Waals surface area contributed by atoms with Crippen LogP contribution in [0.2, 0.25) is 5.02 Å². The molecule has 0 amide bonds. The van der Waals surface area contributed by atoms with Crippen LogP contribution in [-0.2, 0) is 11.3 Å². The monoisotopic (exact) mass is 275 g/mol. The number of likely N-dealkylation sites (N-methyl/N-ethyl adjacent to an activating group) is 1. The lowest BCUT2D eigenvalue weighted by Crippen LogP contribution is -2.38. The summed E-state index contributed by atoms with van der Waals surface area (Å²) in [4.78, 5) is 0. The van der Waals surface area contributed by atoms with Gasteiger partial charge in [0.1, 0.15) is 0 Å². The average Bonchev–Trinajstić information content (AvgIpc) is 2.74. The Morgan fingerprint density at radius 1 is 1.76 bits per heavy atom. The minimum atomic E-state index is 0.109. The van der Waals surface area contributed by atoms with Gasteiger partial charge in [-0.15, -0.1) is 0 Å². The maximum Gasteiger partial charge on any atom is 0.0876 e. The molecule has 1 aliphatic rings. The number of thioether (sulfide) groups is 1. The standard InChI is InChI=1S/C11H18ClN3OS/c1-3-15-11(8(12)6-14-15)10(13-2)9-7-17-5-4-16-9/h6,9-10,13H,3-5,7H2,1-2H3. The molecule has 2 rings (SSSR count). The van der Waals surface area contributed by atoms with Gasteiger partial charge in [0.2, 0.25) is 0 Å². The van der Waals surface area contributed by atoms with E-state index >= 15 is 0 Å². The zero-order chi connectivity index (χ0) is 12.3. The highest BCUT2D eigenvalue weighted by Crippen LogP contribution is 2.29. The van der Waals surface area contributed by atoms with Crippen molar-refractivity contribution in [2.75, 3.05) is 25.2 Å². The van der Waals surface area contributed by atoms with E-state index in [0.29, 0.717) is 5.02 Å². The van der Waals surface area contributed by atoms with E-state index in [-0.39, 0.29) is 12.1 Å². The lowest BCUT2D eigenvalue weighted by atomic mass is 10.1. The van der Waals surface area contributed by atoms with Crippen molar-refractivity contribution in [3.8, 4) is 0 Å². The van der Waals surface area contributed by atoms with Gasteiger partial charge in [-0.2, -0.15) is 16.9 Å². The first-order valence-corrected chi connectivity index (χ1v) is 7.39. The number of nitrogens with one attached hydrogen (secondary N) is 1. The summed E-state index contributed by atoms with van der Waals surface area (Å²) in [6.07, 6.45) is 1.87. The lowest BCUT2D eigenvalue weighted by Gasteiger charge is -2.30. The second-order valence-electron chi connectivity index (χ2n) is 3.94. The van der Waals surface area contributed by atoms with Gasteiger partial charge in [-0.3, -0.25) is 4.68 Å². The van der Waals surface area contributed by atoms with E-state index in [1.54, 1.807) is 6.20 Å². The van der Waals surface area contributed by atoms with E-state index in [1.807, 2.05) is 23.5 Å². The van der Waals surface area contributed by atoms with Gasteiger partial charge in [0.25, 0.3) is 0 Å². The summed E-state index contributed by atoms with van der Waals surface area (Å²) in [6, 6.07) is 0.109. The first-order valence-electron chi connectivity index (χ1n) is 5.85. The van der Waals surface area contributed by atoms with Crippen LogP contribution >= 0.6 is 23.4 Å². The highest BCUT2D eigenvalue weighted by atomic mass is 35.5. The topological polar surface area (TPSA) is 39.1 Å². The fourth-order valence-corrected chi connectivity index (χ4v) is 3.29. The number of rotatable bonds is 4. The molecule has 1 aliphatic heterocycles. The molecule has 0 spiro atoms. The Morgan fingerprint density at radius 2 is 2.59 bits per heavy atom. The Hall–Kier alpha value is -0.230. The van der Waals surface area contributed by atoms with E-state index < -0.39 is 0 Å². The smallest absolute Gasteiger partial charge is 0.0876 e. The van der Waals surface area contributed by atoms with Crippen molar-refractivity contribution < 1.29 is 4.74 Å². The van der Waals surface area contributed by atoms with E-state index in [0.717, 1.165) is 30.4 Å². The minimum Gasteiger partial charge on any atom is -0.374 e. The van der Waals surface area contributed by atoms with Crippen LogP contribution in [0.5, 0.6) is 0 Å². The van der Waals surface area contributed by atoms with E-state index in [2.05, 4.69) is 17.3 Å². The van der Waals surface area contributed by atoms with Crippen molar-refractivity contribution in [1.29, 1.82) is 0 Å². The highest BCUT2D eigenvalue weighted by molar-refractivity contribution is 7.99. The Morgan fingerprint density at radius 3 is 3.18 bits per heavy atom. The van der Waals surface area contributed by atoms with Crippen molar-refractivity contribution in [3.05, 3.63) is 16.9 Å². The molecule has 0 aliphatic carbocycles. The summed E-state index contributed by atoms with van der Waals surface area (Å²) in [5, 5.41) is 8.30. The van der Waals surface area contributed by atoms with Crippen molar-refractivity contribution in [1.82, 2.24) is 15.1 Å². The molecule has 2 unspecified atom stereocenters. The van der Waals surface area contributed by atoms with Crippen LogP contribution in [0, 0.1) is 0 Å². The van der Waals surface area contributed by atoms with E-state index in [9.17, 15) is 0 Å². The molecule has 6 heteroatoms. The number of hydrogen-bond donors (Lipinski definition) is 1. The Bertz CT molecular complexity index is 366. The number of halogens is 1. The highest BCUT2D eigenvalue weighted by Gasteiger charge is 2.29. The van der Waals surface area contributed by atoms with Crippen LogP contribution in [-0.4, -0.2) is 41.0 Å². The quantitative estimate of drug-likeness (QED) is 0.912. The molecular weight excluding hydrogens is 258 g/mol. The van der Waals surface area contributed by atoms with Gasteiger partial charge < -0.3 is 10.1 Å².